The molecule has 15 heavy (non-hydrogen) atoms. The van der Waals surface area contributed by atoms with Crippen LogP contribution in [-0.4, -0.2) is 9.04 Å². The standard InChI is InChI=1S/C8H6F5OSi/c1-15(2)14-8-6(12)4(10)3(9)5(11)7(8)13/h1-2H3. The smallest absolute Gasteiger partial charge is 0.274 e. The summed E-state index contributed by atoms with van der Waals surface area (Å²) in [6, 6.07) is 0. The van der Waals surface area contributed by atoms with Gasteiger partial charge in [0.2, 0.25) is 29.1 Å². The van der Waals surface area contributed by atoms with Crippen molar-refractivity contribution in [1.82, 2.24) is 0 Å². The molecule has 1 nitrogen and oxygen atoms in total. The van der Waals surface area contributed by atoms with Crippen LogP contribution < -0.4 is 4.43 Å². The largest absolute Gasteiger partial charge is 0.539 e. The topological polar surface area (TPSA) is 9.23 Å². The molecule has 0 saturated carbocycles. The summed E-state index contributed by atoms with van der Waals surface area (Å²) in [5.74, 6) is -11.2. The summed E-state index contributed by atoms with van der Waals surface area (Å²) in [5.41, 5.74) is 0. The second-order valence-corrected chi connectivity index (χ2v) is 4.93. The minimum Gasteiger partial charge on any atom is -0.539 e. The second-order valence-electron chi connectivity index (χ2n) is 2.91. The van der Waals surface area contributed by atoms with E-state index in [9.17, 15) is 22.0 Å². The van der Waals surface area contributed by atoms with E-state index < -0.39 is 43.9 Å². The van der Waals surface area contributed by atoms with Gasteiger partial charge in [-0.1, -0.05) is 0 Å². The van der Waals surface area contributed by atoms with E-state index in [1.807, 2.05) is 0 Å². The molecule has 0 bridgehead atoms. The molecule has 0 aliphatic carbocycles. The molecule has 0 amide bonds. The lowest BCUT2D eigenvalue weighted by Crippen LogP contribution is -2.16. The van der Waals surface area contributed by atoms with Gasteiger partial charge < -0.3 is 4.43 Å². The van der Waals surface area contributed by atoms with Gasteiger partial charge in [0.05, 0.1) is 0 Å². The van der Waals surface area contributed by atoms with Crippen LogP contribution in [0, 0.1) is 29.1 Å². The number of halogens is 5. The molecule has 0 N–H and O–H groups in total. The first kappa shape index (κ1) is 12.0. The van der Waals surface area contributed by atoms with Crippen molar-refractivity contribution in [2.75, 3.05) is 0 Å². The SMILES string of the molecule is C[Si](C)Oc1c(F)c(F)c(F)c(F)c1F. The molecule has 7 heteroatoms. The summed E-state index contributed by atoms with van der Waals surface area (Å²) < 4.78 is 68.3. The predicted octanol–water partition coefficient (Wildman–Crippen LogP) is 3.01. The summed E-state index contributed by atoms with van der Waals surface area (Å²) in [4.78, 5) is 0. The van der Waals surface area contributed by atoms with Crippen molar-refractivity contribution in [3.63, 3.8) is 0 Å². The van der Waals surface area contributed by atoms with Gasteiger partial charge in [0.25, 0.3) is 9.04 Å². The molecule has 1 radical (unpaired) electrons. The highest BCUT2D eigenvalue weighted by Gasteiger charge is 2.27. The van der Waals surface area contributed by atoms with E-state index >= 15 is 0 Å². The van der Waals surface area contributed by atoms with E-state index in [2.05, 4.69) is 4.43 Å². The lowest BCUT2D eigenvalue weighted by molar-refractivity contribution is 0.349. The molecule has 0 aliphatic heterocycles. The Morgan fingerprint density at radius 3 is 1.40 bits per heavy atom. The van der Waals surface area contributed by atoms with Crippen LogP contribution in [0.1, 0.15) is 0 Å². The van der Waals surface area contributed by atoms with E-state index in [1.54, 1.807) is 0 Å². The highest BCUT2D eigenvalue weighted by atomic mass is 28.3. The number of hydrogen-bond acceptors (Lipinski definition) is 1. The molecule has 1 aromatic carbocycles. The van der Waals surface area contributed by atoms with Gasteiger partial charge in [0.15, 0.2) is 5.75 Å². The fourth-order valence-corrected chi connectivity index (χ4v) is 1.47. The van der Waals surface area contributed by atoms with Gasteiger partial charge in [0.1, 0.15) is 0 Å². The molecule has 0 saturated heterocycles. The summed E-state index contributed by atoms with van der Waals surface area (Å²) in [7, 11) is -1.61. The maximum Gasteiger partial charge on any atom is 0.274 e. The van der Waals surface area contributed by atoms with Crippen molar-refractivity contribution in [2.24, 2.45) is 0 Å². The van der Waals surface area contributed by atoms with Gasteiger partial charge >= 0.3 is 0 Å². The Kier molecular flexibility index (Phi) is 3.33. The van der Waals surface area contributed by atoms with Crippen molar-refractivity contribution < 1.29 is 26.4 Å². The van der Waals surface area contributed by atoms with Gasteiger partial charge in [-0.05, 0) is 13.1 Å². The third-order valence-corrected chi connectivity index (χ3v) is 2.09. The van der Waals surface area contributed by atoms with Crippen LogP contribution in [-0.2, 0) is 0 Å². The Morgan fingerprint density at radius 1 is 0.733 bits per heavy atom. The highest BCUT2D eigenvalue weighted by molar-refractivity contribution is 6.49. The molecular weight excluding hydrogens is 235 g/mol. The summed E-state index contributed by atoms with van der Waals surface area (Å²) in [6.07, 6.45) is 0. The summed E-state index contributed by atoms with van der Waals surface area (Å²) in [6.45, 7) is 3.01. The van der Waals surface area contributed by atoms with Crippen LogP contribution in [0.4, 0.5) is 22.0 Å². The Bertz CT molecular complexity index is 364. The second kappa shape index (κ2) is 4.17. The van der Waals surface area contributed by atoms with E-state index in [1.165, 1.54) is 13.1 Å². The van der Waals surface area contributed by atoms with Gasteiger partial charge in [-0.15, -0.1) is 0 Å². The third-order valence-electron chi connectivity index (χ3n) is 1.48. The van der Waals surface area contributed by atoms with Crippen molar-refractivity contribution in [2.45, 2.75) is 13.1 Å². The van der Waals surface area contributed by atoms with Crippen LogP contribution >= 0.6 is 0 Å². The zero-order valence-electron chi connectivity index (χ0n) is 7.80. The molecule has 0 unspecified atom stereocenters. The Labute approximate surface area is 84.2 Å². The Morgan fingerprint density at radius 2 is 1.07 bits per heavy atom. The minimum absolute atomic E-state index is 1.20. The lowest BCUT2D eigenvalue weighted by atomic mass is 10.3. The molecule has 0 fully saturated rings. The molecular formula is C8H6F5OSi. The number of benzene rings is 1. The van der Waals surface area contributed by atoms with Crippen LogP contribution in [0.15, 0.2) is 0 Å². The van der Waals surface area contributed by atoms with E-state index in [0.717, 1.165) is 0 Å². The van der Waals surface area contributed by atoms with Crippen molar-refractivity contribution in [3.8, 4) is 5.75 Å². The average molecular weight is 241 g/mol. The molecule has 0 atom stereocenters. The minimum atomic E-state index is -2.18. The van der Waals surface area contributed by atoms with Crippen LogP contribution in [0.2, 0.25) is 13.1 Å². The molecule has 0 spiro atoms. The van der Waals surface area contributed by atoms with Gasteiger partial charge in [-0.25, -0.2) is 13.2 Å². The van der Waals surface area contributed by atoms with Crippen molar-refractivity contribution >= 4 is 9.04 Å². The van der Waals surface area contributed by atoms with E-state index in [4.69, 9.17) is 0 Å². The van der Waals surface area contributed by atoms with Crippen molar-refractivity contribution in [3.05, 3.63) is 29.1 Å². The maximum absolute atomic E-state index is 12.9. The highest BCUT2D eigenvalue weighted by Crippen LogP contribution is 2.29. The molecule has 1 rings (SSSR count). The van der Waals surface area contributed by atoms with Gasteiger partial charge in [-0.2, -0.15) is 8.78 Å². The quantitative estimate of drug-likeness (QED) is 0.335. The fourth-order valence-electron chi connectivity index (χ4n) is 0.878. The monoisotopic (exact) mass is 241 g/mol. The summed E-state index contributed by atoms with van der Waals surface area (Å²) >= 11 is 0. The molecule has 0 heterocycles. The average Bonchev–Trinajstić information content (AvgIpc) is 2.18. The Hall–Kier alpha value is -1.11. The Balaban J connectivity index is 3.39. The van der Waals surface area contributed by atoms with E-state index in [-0.39, 0.29) is 0 Å². The first-order valence-corrected chi connectivity index (χ1v) is 6.26. The molecule has 0 aromatic heterocycles. The molecule has 0 aliphatic rings. The lowest BCUT2D eigenvalue weighted by Gasteiger charge is -2.11. The zero-order valence-corrected chi connectivity index (χ0v) is 8.80. The van der Waals surface area contributed by atoms with E-state index in [0.29, 0.717) is 0 Å². The third kappa shape index (κ3) is 2.11. The van der Waals surface area contributed by atoms with Crippen molar-refractivity contribution in [1.29, 1.82) is 0 Å². The molecule has 1 aromatic rings. The number of rotatable bonds is 2. The van der Waals surface area contributed by atoms with Crippen LogP contribution in [0.25, 0.3) is 0 Å². The normalized spacial score (nSPS) is 10.9. The first-order chi connectivity index (χ1) is 6.86. The van der Waals surface area contributed by atoms with Gasteiger partial charge in [-0.3, -0.25) is 0 Å². The van der Waals surface area contributed by atoms with Gasteiger partial charge in [0, 0.05) is 0 Å². The predicted molar refractivity (Wildman–Crippen MR) is 44.3 cm³/mol. The van der Waals surface area contributed by atoms with Crippen LogP contribution in [0.3, 0.4) is 0 Å². The van der Waals surface area contributed by atoms with Crippen LogP contribution in [0.5, 0.6) is 5.75 Å². The summed E-state index contributed by atoms with van der Waals surface area (Å²) in [5, 5.41) is 0. The zero-order chi connectivity index (χ0) is 11.7. The first-order valence-electron chi connectivity index (χ1n) is 3.85. The molecule has 83 valence electrons. The maximum atomic E-state index is 12.9. The fraction of sp³-hybridized carbons (Fsp3) is 0.250. The number of hydrogen-bond donors (Lipinski definition) is 0.